The molecule has 0 saturated carbocycles. The second kappa shape index (κ2) is 10.0. The quantitative estimate of drug-likeness (QED) is 0.156. The molecule has 0 saturated heterocycles. The number of aromatic nitrogens is 4. The van der Waals surface area contributed by atoms with E-state index in [-0.39, 0.29) is 0 Å². The third-order valence-corrected chi connectivity index (χ3v) is 8.46. The van der Waals surface area contributed by atoms with Crippen LogP contribution in [0.25, 0.3) is 50.0 Å². The molecule has 5 heteroatoms. The maximum Gasteiger partial charge on any atom is 0.269 e. The van der Waals surface area contributed by atoms with Crippen molar-refractivity contribution in [3.63, 3.8) is 0 Å². The molecule has 1 aliphatic heterocycles. The average Bonchev–Trinajstić information content (AvgIpc) is 3.82. The number of rotatable bonds is 5. The zero-order chi connectivity index (χ0) is 30.8. The molecular formula is C39H28N4O. The minimum atomic E-state index is -1.77. The van der Waals surface area contributed by atoms with Gasteiger partial charge in [-0.05, 0) is 65.5 Å². The van der Waals surface area contributed by atoms with Crippen LogP contribution in [-0.2, 0) is 24.3 Å². The molecule has 1 aliphatic rings. The zero-order valence-electron chi connectivity index (χ0n) is 25.8. The second-order valence-electron chi connectivity index (χ2n) is 11.2. The molecule has 44 heavy (non-hydrogen) atoms. The molecule has 8 aromatic rings. The van der Waals surface area contributed by atoms with E-state index >= 15 is 0 Å². The Labute approximate surface area is 257 Å². The number of nitrogens with zero attached hydrogens (tertiary/aromatic N) is 4. The highest BCUT2D eigenvalue weighted by molar-refractivity contribution is 6.09. The van der Waals surface area contributed by atoms with E-state index in [0.29, 0.717) is 24.3 Å². The van der Waals surface area contributed by atoms with Crippen LogP contribution in [0.1, 0.15) is 25.0 Å². The largest absolute Gasteiger partial charge is 0.372 e. The first-order chi connectivity index (χ1) is 22.6. The lowest BCUT2D eigenvalue weighted by molar-refractivity contribution is -0.572. The molecule has 0 fully saturated rings. The zero-order valence-corrected chi connectivity index (χ0v) is 23.8. The van der Waals surface area contributed by atoms with Crippen molar-refractivity contribution in [1.29, 1.82) is 0 Å². The number of hydrogen-bond acceptors (Lipinski definition) is 2. The molecule has 0 N–H and O–H groups in total. The molecule has 5 nitrogen and oxygen atoms in total. The molecule has 210 valence electrons. The van der Waals surface area contributed by atoms with Gasteiger partial charge in [-0.1, -0.05) is 84.9 Å². The molecular weight excluding hydrogens is 540 g/mol. The van der Waals surface area contributed by atoms with E-state index in [0.717, 1.165) is 61.2 Å². The number of hydrogen-bond donors (Lipinski definition) is 0. The van der Waals surface area contributed by atoms with Crippen molar-refractivity contribution in [2.24, 2.45) is 0 Å². The smallest absolute Gasteiger partial charge is 0.269 e. The second-order valence-corrected chi connectivity index (χ2v) is 11.2. The lowest BCUT2D eigenvalue weighted by atomic mass is 10.0. The summed E-state index contributed by atoms with van der Waals surface area (Å²) in [6.45, 7) is 1.16. The summed E-state index contributed by atoms with van der Waals surface area (Å²) < 4.78 is 30.8. The number of para-hydroxylation sites is 4. The third-order valence-electron chi connectivity index (χ3n) is 8.46. The van der Waals surface area contributed by atoms with Gasteiger partial charge in [-0.25, -0.2) is 4.98 Å². The van der Waals surface area contributed by atoms with Crippen LogP contribution in [0.2, 0.25) is 0 Å². The third kappa shape index (κ3) is 4.05. The van der Waals surface area contributed by atoms with Crippen molar-refractivity contribution in [2.45, 2.75) is 19.6 Å². The van der Waals surface area contributed by atoms with Crippen LogP contribution >= 0.6 is 0 Å². The van der Waals surface area contributed by atoms with Crippen molar-refractivity contribution in [2.75, 3.05) is 0 Å². The molecule has 0 spiro atoms. The Bertz CT molecular complexity index is 2440. The topological polar surface area (TPSA) is 35.9 Å². The SMILES string of the molecule is [2H]C([2H])(c1cccc(-n2[c-][n+](-c3ccccc3)c3ccccc32)c1)c1ccc2c3ccccc3n(-c3cc4c(cn3)COC4)c2c1. The maximum atomic E-state index is 9.46. The highest BCUT2D eigenvalue weighted by atomic mass is 16.5. The van der Waals surface area contributed by atoms with Gasteiger partial charge in [0.1, 0.15) is 5.82 Å². The Morgan fingerprint density at radius 2 is 1.48 bits per heavy atom. The minimum Gasteiger partial charge on any atom is -0.372 e. The fourth-order valence-electron chi connectivity index (χ4n) is 6.38. The van der Waals surface area contributed by atoms with E-state index in [9.17, 15) is 2.74 Å². The number of imidazole rings is 1. The van der Waals surface area contributed by atoms with E-state index in [1.165, 1.54) is 0 Å². The molecule has 0 atom stereocenters. The van der Waals surface area contributed by atoms with Crippen molar-refractivity contribution < 1.29 is 12.0 Å². The minimum absolute atomic E-state index is 0.567. The molecule has 0 bridgehead atoms. The molecule has 3 aromatic heterocycles. The number of ether oxygens (including phenoxy) is 1. The van der Waals surface area contributed by atoms with Gasteiger partial charge in [0.25, 0.3) is 6.33 Å². The van der Waals surface area contributed by atoms with Crippen LogP contribution in [0.3, 0.4) is 0 Å². The van der Waals surface area contributed by atoms with Crippen molar-refractivity contribution >= 4 is 32.8 Å². The standard InChI is InChI=1S/C39H28N4O/c1-2-10-31(11-3-1)41-26-42(37-16-7-6-15-36(37)41)32-12-8-9-27(20-32)19-28-17-18-34-33-13-4-5-14-35(33)43(38(34)21-28)39-22-29-24-44-25-30(29)23-40-39/h1-18,20-23H,19,24-25H2/i19D2. The van der Waals surface area contributed by atoms with Crippen LogP contribution in [0, 0.1) is 6.33 Å². The van der Waals surface area contributed by atoms with E-state index < -0.39 is 6.37 Å². The Hall–Kier alpha value is -5.52. The van der Waals surface area contributed by atoms with Crippen LogP contribution in [-0.4, -0.2) is 14.1 Å². The highest BCUT2D eigenvalue weighted by Gasteiger charge is 2.18. The van der Waals surface area contributed by atoms with Gasteiger partial charge >= 0.3 is 0 Å². The fourth-order valence-corrected chi connectivity index (χ4v) is 6.38. The summed E-state index contributed by atoms with van der Waals surface area (Å²) >= 11 is 0. The van der Waals surface area contributed by atoms with Crippen molar-refractivity contribution in [3.05, 3.63) is 162 Å². The summed E-state index contributed by atoms with van der Waals surface area (Å²) in [5, 5.41) is 2.16. The Morgan fingerprint density at radius 1 is 0.705 bits per heavy atom. The van der Waals surface area contributed by atoms with Gasteiger partial charge in [0.15, 0.2) is 0 Å². The van der Waals surface area contributed by atoms with Gasteiger partial charge in [-0.3, -0.25) is 13.7 Å². The van der Waals surface area contributed by atoms with Gasteiger partial charge in [-0.2, -0.15) is 0 Å². The van der Waals surface area contributed by atoms with Gasteiger partial charge in [0, 0.05) is 25.3 Å². The predicted molar refractivity (Wildman–Crippen MR) is 174 cm³/mol. The molecule has 4 heterocycles. The summed E-state index contributed by atoms with van der Waals surface area (Å²) in [6, 6.07) is 42.4. The monoisotopic (exact) mass is 570 g/mol. The summed E-state index contributed by atoms with van der Waals surface area (Å²) in [4.78, 5) is 4.82. The van der Waals surface area contributed by atoms with Gasteiger partial charge in [-0.15, -0.1) is 0 Å². The molecule has 0 aliphatic carbocycles. The van der Waals surface area contributed by atoms with Gasteiger partial charge in [0.2, 0.25) is 0 Å². The van der Waals surface area contributed by atoms with E-state index in [1.807, 2.05) is 100 Å². The number of benzene rings is 5. The van der Waals surface area contributed by atoms with Gasteiger partial charge in [0.05, 0.1) is 46.7 Å². The Balaban J connectivity index is 1.18. The summed E-state index contributed by atoms with van der Waals surface area (Å²) in [5.74, 6) is 0.803. The van der Waals surface area contributed by atoms with E-state index in [2.05, 4.69) is 53.4 Å². The van der Waals surface area contributed by atoms with Gasteiger partial charge < -0.3 is 4.74 Å². The first kappa shape index (κ1) is 23.0. The first-order valence-electron chi connectivity index (χ1n) is 15.8. The van der Waals surface area contributed by atoms with Crippen LogP contribution < -0.4 is 4.57 Å². The molecule has 5 aromatic carbocycles. The molecule has 9 rings (SSSR count). The molecule has 0 unspecified atom stereocenters. The lowest BCUT2D eigenvalue weighted by Crippen LogP contribution is -2.29. The fraction of sp³-hybridized carbons (Fsp3) is 0.0769. The number of pyridine rings is 1. The summed E-state index contributed by atoms with van der Waals surface area (Å²) in [6.07, 6.45) is 3.64. The van der Waals surface area contributed by atoms with E-state index in [1.54, 1.807) is 0 Å². The Kier molecular flexibility index (Phi) is 5.25. The van der Waals surface area contributed by atoms with Crippen LogP contribution in [0.15, 0.2) is 134 Å². The molecule has 0 amide bonds. The molecule has 0 radical (unpaired) electrons. The number of fused-ring (bicyclic) bond motifs is 5. The average molecular weight is 571 g/mol. The summed E-state index contributed by atoms with van der Waals surface area (Å²) in [7, 11) is 0. The highest BCUT2D eigenvalue weighted by Crippen LogP contribution is 2.33. The summed E-state index contributed by atoms with van der Waals surface area (Å²) in [5.41, 5.74) is 9.21. The normalized spacial score (nSPS) is 13.8. The Morgan fingerprint density at radius 3 is 2.41 bits per heavy atom. The first-order valence-corrected chi connectivity index (χ1v) is 14.8. The van der Waals surface area contributed by atoms with Crippen LogP contribution in [0.5, 0.6) is 0 Å². The van der Waals surface area contributed by atoms with E-state index in [4.69, 9.17) is 9.72 Å². The predicted octanol–water partition coefficient (Wildman–Crippen LogP) is 7.82. The van der Waals surface area contributed by atoms with Crippen LogP contribution in [0.4, 0.5) is 0 Å². The van der Waals surface area contributed by atoms with Crippen molar-refractivity contribution in [3.8, 4) is 17.2 Å². The maximum absolute atomic E-state index is 9.46. The lowest BCUT2D eigenvalue weighted by Gasteiger charge is -2.10. The van der Waals surface area contributed by atoms with Crippen molar-refractivity contribution in [1.82, 2.24) is 14.1 Å².